The highest BCUT2D eigenvalue weighted by Crippen LogP contribution is 2.09. The van der Waals surface area contributed by atoms with Crippen LogP contribution in [0.2, 0.25) is 0 Å². The van der Waals surface area contributed by atoms with Gasteiger partial charge >= 0.3 is 0 Å². The average molecular weight is 145 g/mol. The maximum absolute atomic E-state index is 10.5. The summed E-state index contributed by atoms with van der Waals surface area (Å²) in [5.74, 6) is 0. The molecule has 0 rings (SSSR count). The van der Waals surface area contributed by atoms with E-state index < -0.39 is 5.24 Å². The summed E-state index contributed by atoms with van der Waals surface area (Å²) in [6.45, 7) is 7.07. The lowest BCUT2D eigenvalue weighted by Gasteiger charge is -1.95. The second kappa shape index (κ2) is 3.46. The number of carbonyl (C=O) groups excluding carboxylic acids is 1. The zero-order chi connectivity index (χ0) is 7.44. The van der Waals surface area contributed by atoms with E-state index in [2.05, 4.69) is 6.58 Å². The van der Waals surface area contributed by atoms with Gasteiger partial charge in [-0.15, -0.1) is 0 Å². The summed E-state index contributed by atoms with van der Waals surface area (Å²) in [5, 5.41) is -0.440. The molecule has 0 spiro atoms. The number of carbonyl (C=O) groups is 1. The van der Waals surface area contributed by atoms with E-state index in [0.717, 1.165) is 0 Å². The van der Waals surface area contributed by atoms with Crippen LogP contribution in [-0.2, 0) is 4.79 Å². The molecule has 0 saturated carbocycles. The van der Waals surface area contributed by atoms with E-state index in [1.807, 2.05) is 0 Å². The molecule has 9 heavy (non-hydrogen) atoms. The standard InChI is InChI=1S/C7H9ClO/c1-4-6(5(2)3)7(8)9/h4H,2H2,1,3H3/b6-4+. The van der Waals surface area contributed by atoms with Gasteiger partial charge in [-0.25, -0.2) is 0 Å². The van der Waals surface area contributed by atoms with E-state index in [1.165, 1.54) is 0 Å². The maximum atomic E-state index is 10.5. The third-order valence-electron chi connectivity index (χ3n) is 0.960. The van der Waals surface area contributed by atoms with Crippen molar-refractivity contribution in [2.75, 3.05) is 0 Å². The highest BCUT2D eigenvalue weighted by molar-refractivity contribution is 6.68. The molecular weight excluding hydrogens is 136 g/mol. The Kier molecular flexibility index (Phi) is 3.25. The van der Waals surface area contributed by atoms with Crippen LogP contribution in [0.25, 0.3) is 0 Å². The van der Waals surface area contributed by atoms with Gasteiger partial charge in [-0.05, 0) is 31.0 Å². The largest absolute Gasteiger partial charge is 0.276 e. The summed E-state index contributed by atoms with van der Waals surface area (Å²) < 4.78 is 0. The van der Waals surface area contributed by atoms with Crippen molar-refractivity contribution in [3.8, 4) is 0 Å². The Balaban J connectivity index is 4.38. The Morgan fingerprint density at radius 1 is 1.67 bits per heavy atom. The molecule has 0 aromatic rings. The SMILES string of the molecule is C=C(C)/C(=C\C)C(=O)Cl. The molecule has 0 aromatic heterocycles. The molecular formula is C7H9ClO. The average Bonchev–Trinajstić information content (AvgIpc) is 1.64. The minimum absolute atomic E-state index is 0.440. The minimum atomic E-state index is -0.440. The van der Waals surface area contributed by atoms with Crippen LogP contribution in [0.5, 0.6) is 0 Å². The first-order valence-electron chi connectivity index (χ1n) is 2.61. The Morgan fingerprint density at radius 3 is 2.11 bits per heavy atom. The number of rotatable bonds is 2. The fourth-order valence-electron chi connectivity index (χ4n) is 0.528. The topological polar surface area (TPSA) is 17.1 Å². The predicted octanol–water partition coefficient (Wildman–Crippen LogP) is 2.27. The van der Waals surface area contributed by atoms with Gasteiger partial charge in [0.1, 0.15) is 0 Å². The first-order valence-corrected chi connectivity index (χ1v) is 2.99. The second-order valence-electron chi connectivity index (χ2n) is 1.76. The molecule has 0 aromatic carbocycles. The number of halogens is 1. The summed E-state index contributed by atoms with van der Waals surface area (Å²) in [4.78, 5) is 10.5. The third-order valence-corrected chi connectivity index (χ3v) is 1.16. The van der Waals surface area contributed by atoms with Gasteiger partial charge in [0.25, 0.3) is 5.24 Å². The zero-order valence-corrected chi connectivity index (χ0v) is 6.33. The second-order valence-corrected chi connectivity index (χ2v) is 2.10. The van der Waals surface area contributed by atoms with Gasteiger partial charge in [-0.3, -0.25) is 4.79 Å². The molecule has 0 atom stereocenters. The minimum Gasteiger partial charge on any atom is -0.276 e. The van der Waals surface area contributed by atoms with Crippen molar-refractivity contribution in [2.24, 2.45) is 0 Å². The highest BCUT2D eigenvalue weighted by atomic mass is 35.5. The van der Waals surface area contributed by atoms with Crippen LogP contribution in [0.1, 0.15) is 13.8 Å². The van der Waals surface area contributed by atoms with E-state index >= 15 is 0 Å². The molecule has 0 heterocycles. The van der Waals surface area contributed by atoms with Crippen molar-refractivity contribution in [3.63, 3.8) is 0 Å². The Bertz CT molecular complexity index is 152. The predicted molar refractivity (Wildman–Crippen MR) is 39.4 cm³/mol. The molecule has 0 unspecified atom stereocenters. The monoisotopic (exact) mass is 144 g/mol. The van der Waals surface area contributed by atoms with E-state index in [4.69, 9.17) is 11.6 Å². The molecule has 0 N–H and O–H groups in total. The molecule has 0 aliphatic heterocycles. The lowest BCUT2D eigenvalue weighted by molar-refractivity contribution is -0.108. The molecule has 0 radical (unpaired) electrons. The first-order chi connectivity index (χ1) is 4.09. The number of hydrogen-bond donors (Lipinski definition) is 0. The van der Waals surface area contributed by atoms with E-state index in [0.29, 0.717) is 11.1 Å². The summed E-state index contributed by atoms with van der Waals surface area (Å²) >= 11 is 5.17. The van der Waals surface area contributed by atoms with Gasteiger partial charge in [0, 0.05) is 5.57 Å². The van der Waals surface area contributed by atoms with Crippen LogP contribution >= 0.6 is 11.6 Å². The van der Waals surface area contributed by atoms with Crippen LogP contribution < -0.4 is 0 Å². The Labute approximate surface area is 60.0 Å². The molecule has 0 aliphatic carbocycles. The summed E-state index contributed by atoms with van der Waals surface area (Å²) in [6.07, 6.45) is 1.65. The van der Waals surface area contributed by atoms with Gasteiger partial charge in [0.05, 0.1) is 0 Å². The first kappa shape index (κ1) is 8.44. The molecule has 0 bridgehead atoms. The van der Waals surface area contributed by atoms with Crippen LogP contribution in [0, 0.1) is 0 Å². The van der Waals surface area contributed by atoms with Gasteiger partial charge in [-0.1, -0.05) is 12.7 Å². The fourth-order valence-corrected chi connectivity index (χ4v) is 0.798. The van der Waals surface area contributed by atoms with Crippen LogP contribution in [0.3, 0.4) is 0 Å². The van der Waals surface area contributed by atoms with Gasteiger partial charge in [-0.2, -0.15) is 0 Å². The van der Waals surface area contributed by atoms with Crippen molar-refractivity contribution in [1.29, 1.82) is 0 Å². The van der Waals surface area contributed by atoms with Crippen molar-refractivity contribution in [3.05, 3.63) is 23.8 Å². The Hall–Kier alpha value is -0.560. The number of allylic oxidation sites excluding steroid dienone is 3. The van der Waals surface area contributed by atoms with Gasteiger partial charge in [0.2, 0.25) is 0 Å². The van der Waals surface area contributed by atoms with Crippen LogP contribution in [-0.4, -0.2) is 5.24 Å². The van der Waals surface area contributed by atoms with Crippen LogP contribution in [0.15, 0.2) is 23.8 Å². The summed E-state index contributed by atoms with van der Waals surface area (Å²) in [6, 6.07) is 0. The molecule has 50 valence electrons. The number of hydrogen-bond acceptors (Lipinski definition) is 1. The Morgan fingerprint density at radius 2 is 2.11 bits per heavy atom. The van der Waals surface area contributed by atoms with Gasteiger partial charge in [0.15, 0.2) is 0 Å². The van der Waals surface area contributed by atoms with Gasteiger partial charge < -0.3 is 0 Å². The molecule has 0 fully saturated rings. The van der Waals surface area contributed by atoms with Crippen molar-refractivity contribution in [1.82, 2.24) is 0 Å². The smallest absolute Gasteiger partial charge is 0.252 e. The quantitative estimate of drug-likeness (QED) is 0.330. The third kappa shape index (κ3) is 2.47. The normalized spacial score (nSPS) is 11.2. The maximum Gasteiger partial charge on any atom is 0.252 e. The van der Waals surface area contributed by atoms with E-state index in [1.54, 1.807) is 19.9 Å². The fraction of sp³-hybridized carbons (Fsp3) is 0.286. The lowest BCUT2D eigenvalue weighted by atomic mass is 10.1. The molecule has 0 amide bonds. The van der Waals surface area contributed by atoms with Crippen molar-refractivity contribution < 1.29 is 4.79 Å². The molecule has 0 saturated heterocycles. The van der Waals surface area contributed by atoms with Crippen molar-refractivity contribution >= 4 is 16.8 Å². The summed E-state index contributed by atoms with van der Waals surface area (Å²) in [5.41, 5.74) is 1.20. The zero-order valence-electron chi connectivity index (χ0n) is 5.57. The van der Waals surface area contributed by atoms with E-state index in [-0.39, 0.29) is 0 Å². The van der Waals surface area contributed by atoms with Crippen LogP contribution in [0.4, 0.5) is 0 Å². The summed E-state index contributed by atoms with van der Waals surface area (Å²) in [7, 11) is 0. The molecule has 0 aliphatic rings. The highest BCUT2D eigenvalue weighted by Gasteiger charge is 2.03. The van der Waals surface area contributed by atoms with E-state index in [9.17, 15) is 4.79 Å². The lowest BCUT2D eigenvalue weighted by Crippen LogP contribution is -1.92. The van der Waals surface area contributed by atoms with Crippen molar-refractivity contribution in [2.45, 2.75) is 13.8 Å². The molecule has 2 heteroatoms. The molecule has 1 nitrogen and oxygen atoms in total.